The second-order valence-electron chi connectivity index (χ2n) is 21.2. The van der Waals surface area contributed by atoms with Crippen molar-refractivity contribution < 1.29 is 26.3 Å². The normalized spacial score (nSPS) is 12.0. The summed E-state index contributed by atoms with van der Waals surface area (Å²) >= 11 is 0. The third-order valence-corrected chi connectivity index (χ3v) is 16.2. The van der Waals surface area contributed by atoms with E-state index in [0.29, 0.717) is 22.5 Å². The van der Waals surface area contributed by atoms with Crippen LogP contribution in [0.3, 0.4) is 0 Å². The van der Waals surface area contributed by atoms with E-state index in [1.165, 1.54) is 0 Å². The molecule has 0 saturated heterocycles. The first-order chi connectivity index (χ1) is 39.5. The van der Waals surface area contributed by atoms with Crippen molar-refractivity contribution in [2.24, 2.45) is 0 Å². The van der Waals surface area contributed by atoms with E-state index in [0.717, 1.165) is 123 Å². The van der Waals surface area contributed by atoms with Crippen molar-refractivity contribution >= 4 is 43.6 Å². The predicted molar refractivity (Wildman–Crippen MR) is 321 cm³/mol. The van der Waals surface area contributed by atoms with Crippen molar-refractivity contribution in [1.82, 2.24) is 9.13 Å². The van der Waals surface area contributed by atoms with Gasteiger partial charge in [0.1, 0.15) is 0 Å². The number of nitriles is 1. The quantitative estimate of drug-likeness (QED) is 0.140. The van der Waals surface area contributed by atoms with Crippen LogP contribution in [0.2, 0.25) is 0 Å². The largest absolute Gasteiger partial charge is 0.416 e. The predicted octanol–water partition coefficient (Wildman–Crippen LogP) is 21.0. The number of alkyl halides is 6. The summed E-state index contributed by atoms with van der Waals surface area (Å²) in [6.45, 7) is 8.29. The van der Waals surface area contributed by atoms with Crippen LogP contribution in [-0.4, -0.2) is 9.13 Å². The maximum atomic E-state index is 14.9. The number of rotatable bonds is 8. The third-order valence-electron chi connectivity index (χ3n) is 16.2. The molecule has 0 saturated carbocycles. The van der Waals surface area contributed by atoms with Crippen molar-refractivity contribution in [1.29, 1.82) is 5.26 Å². The van der Waals surface area contributed by atoms with Crippen LogP contribution in [0.15, 0.2) is 224 Å². The fourth-order valence-corrected chi connectivity index (χ4v) is 12.1. The Morgan fingerprint density at radius 3 is 1.06 bits per heavy atom. The van der Waals surface area contributed by atoms with Crippen LogP contribution in [-0.2, 0) is 12.4 Å². The number of aromatic nitrogens is 2. The zero-order valence-electron chi connectivity index (χ0n) is 45.0. The topological polar surface area (TPSA) is 33.6 Å². The van der Waals surface area contributed by atoms with Gasteiger partial charge in [-0.05, 0) is 208 Å². The molecule has 2 aromatic heterocycles. The lowest BCUT2D eigenvalue weighted by atomic mass is 9.90. The fourth-order valence-electron chi connectivity index (χ4n) is 12.1. The molecule has 0 unspecified atom stereocenters. The van der Waals surface area contributed by atoms with E-state index >= 15 is 0 Å². The number of benzene rings is 11. The zero-order valence-corrected chi connectivity index (χ0v) is 45.0. The van der Waals surface area contributed by atoms with Crippen LogP contribution < -0.4 is 0 Å². The van der Waals surface area contributed by atoms with Crippen molar-refractivity contribution in [3.63, 3.8) is 0 Å². The van der Waals surface area contributed by atoms with Gasteiger partial charge in [0.05, 0.1) is 50.5 Å². The molecule has 11 aromatic carbocycles. The second kappa shape index (κ2) is 19.7. The standard InChI is InChI=1S/C73H49F6N3/c1-43-13-5-9-17-56(43)48-22-29-67-63(36-48)64-37-49(57-18-10-6-14-44(57)2)23-30-68(64)81(67)55-26-27-60(52-34-53(72(74,75)76)40-54(35-52)73(77,78)79)61(41-55)62-33-47(42-80)21-28-69(62)82-70-31-24-50(58-19-11-7-15-45(58)3)38-65(70)66-39-51(25-32-71(66)82)59-20-12-8-16-46(59)4/h5-41H,1-4H3. The van der Waals surface area contributed by atoms with Gasteiger partial charge in [0.15, 0.2) is 0 Å². The number of halogens is 6. The first kappa shape index (κ1) is 51.5. The summed E-state index contributed by atoms with van der Waals surface area (Å²) in [5.41, 5.74) is 15.0. The molecular weight excluding hydrogens is 1030 g/mol. The van der Waals surface area contributed by atoms with Crippen molar-refractivity contribution in [3.05, 3.63) is 263 Å². The average molecular weight is 1080 g/mol. The minimum absolute atomic E-state index is 0.102. The molecule has 82 heavy (non-hydrogen) atoms. The van der Waals surface area contributed by atoms with E-state index in [1.54, 1.807) is 24.3 Å². The van der Waals surface area contributed by atoms with Gasteiger partial charge >= 0.3 is 12.4 Å². The summed E-state index contributed by atoms with van der Waals surface area (Å²) in [6.07, 6.45) is -10.2. The highest BCUT2D eigenvalue weighted by Gasteiger charge is 2.37. The SMILES string of the molecule is Cc1ccccc1-c1ccc2c(c1)c1cc(-c3ccccc3C)ccc1n2-c1ccc(-c2cc(C(F)(F)F)cc(C(F)(F)F)c2)c(-c2cc(C#N)ccc2-n2c3ccc(-c4ccccc4C)cc3c3cc(-c4ccccc4C)ccc32)c1. The Morgan fingerprint density at radius 1 is 0.317 bits per heavy atom. The summed E-state index contributed by atoms with van der Waals surface area (Å²) < 4.78 is 93.5. The smallest absolute Gasteiger partial charge is 0.309 e. The molecular formula is C73H49F6N3. The summed E-state index contributed by atoms with van der Waals surface area (Å²) in [7, 11) is 0. The Hall–Kier alpha value is -9.91. The molecule has 2 heterocycles. The van der Waals surface area contributed by atoms with E-state index in [1.807, 2.05) is 60.7 Å². The van der Waals surface area contributed by atoms with Gasteiger partial charge < -0.3 is 9.13 Å². The van der Waals surface area contributed by atoms with E-state index in [4.69, 9.17) is 0 Å². The molecule has 398 valence electrons. The molecule has 0 fully saturated rings. The van der Waals surface area contributed by atoms with Crippen molar-refractivity contribution in [2.75, 3.05) is 0 Å². The minimum Gasteiger partial charge on any atom is -0.309 e. The first-order valence-electron chi connectivity index (χ1n) is 26.9. The summed E-state index contributed by atoms with van der Waals surface area (Å²) in [4.78, 5) is 0. The summed E-state index contributed by atoms with van der Waals surface area (Å²) in [5.74, 6) is 0. The van der Waals surface area contributed by atoms with E-state index in [-0.39, 0.29) is 22.8 Å². The van der Waals surface area contributed by atoms with Crippen molar-refractivity contribution in [3.8, 4) is 84.2 Å². The Labute approximate surface area is 469 Å². The molecule has 0 spiro atoms. The maximum absolute atomic E-state index is 14.9. The Bertz CT molecular complexity index is 4560. The van der Waals surface area contributed by atoms with E-state index in [9.17, 15) is 31.6 Å². The molecule has 0 N–H and O–H groups in total. The number of hydrogen-bond acceptors (Lipinski definition) is 1. The van der Waals surface area contributed by atoms with Crippen LogP contribution in [0, 0.1) is 39.0 Å². The first-order valence-corrected chi connectivity index (χ1v) is 26.9. The van der Waals surface area contributed by atoms with Gasteiger partial charge in [-0.15, -0.1) is 0 Å². The number of hydrogen-bond donors (Lipinski definition) is 0. The van der Waals surface area contributed by atoms with Gasteiger partial charge in [-0.2, -0.15) is 31.6 Å². The second-order valence-corrected chi connectivity index (χ2v) is 21.2. The Kier molecular flexibility index (Phi) is 12.4. The molecule has 0 radical (unpaired) electrons. The van der Waals surface area contributed by atoms with E-state index in [2.05, 4.69) is 164 Å². The number of nitrogens with zero attached hydrogens (tertiary/aromatic N) is 3. The lowest BCUT2D eigenvalue weighted by Crippen LogP contribution is -2.11. The molecule has 0 aliphatic carbocycles. The van der Waals surface area contributed by atoms with Gasteiger partial charge in [-0.25, -0.2) is 0 Å². The average Bonchev–Trinajstić information content (AvgIpc) is 3.18. The molecule has 0 aliphatic heterocycles. The highest BCUT2D eigenvalue weighted by Crippen LogP contribution is 2.47. The van der Waals surface area contributed by atoms with Crippen LogP contribution in [0.4, 0.5) is 26.3 Å². The maximum Gasteiger partial charge on any atom is 0.416 e. The van der Waals surface area contributed by atoms with Gasteiger partial charge in [-0.3, -0.25) is 0 Å². The molecule has 9 heteroatoms. The van der Waals surface area contributed by atoms with Gasteiger partial charge in [-0.1, -0.05) is 127 Å². The monoisotopic (exact) mass is 1080 g/mol. The third kappa shape index (κ3) is 8.88. The van der Waals surface area contributed by atoms with Gasteiger partial charge in [0.25, 0.3) is 0 Å². The highest BCUT2D eigenvalue weighted by atomic mass is 19.4. The van der Waals surface area contributed by atoms with Crippen LogP contribution in [0.1, 0.15) is 38.9 Å². The number of fused-ring (bicyclic) bond motifs is 6. The zero-order chi connectivity index (χ0) is 56.8. The van der Waals surface area contributed by atoms with Gasteiger partial charge in [0, 0.05) is 32.8 Å². The molecule has 13 aromatic rings. The lowest BCUT2D eigenvalue weighted by Gasteiger charge is -2.21. The fraction of sp³-hybridized carbons (Fsp3) is 0.0822. The molecule has 0 aliphatic rings. The minimum atomic E-state index is -5.11. The van der Waals surface area contributed by atoms with Gasteiger partial charge in [0.2, 0.25) is 0 Å². The molecule has 0 bridgehead atoms. The summed E-state index contributed by atoms with van der Waals surface area (Å²) in [5, 5.41) is 14.4. The van der Waals surface area contributed by atoms with Crippen LogP contribution >= 0.6 is 0 Å². The van der Waals surface area contributed by atoms with Crippen LogP contribution in [0.25, 0.3) is 122 Å². The number of aryl methyl sites for hydroxylation is 4. The van der Waals surface area contributed by atoms with E-state index < -0.39 is 23.5 Å². The summed E-state index contributed by atoms with van der Waals surface area (Å²) in [6, 6.07) is 72.3. The Balaban J connectivity index is 1.13. The van der Waals surface area contributed by atoms with Crippen LogP contribution in [0.5, 0.6) is 0 Å². The molecule has 3 nitrogen and oxygen atoms in total. The molecule has 0 amide bonds. The molecule has 13 rings (SSSR count). The molecule has 0 atom stereocenters. The lowest BCUT2D eigenvalue weighted by molar-refractivity contribution is -0.143. The van der Waals surface area contributed by atoms with Crippen molar-refractivity contribution in [2.45, 2.75) is 40.0 Å². The highest BCUT2D eigenvalue weighted by molar-refractivity contribution is 6.14. The Morgan fingerprint density at radius 2 is 0.695 bits per heavy atom.